The Kier molecular flexibility index (Phi) is 6.71. The molecule has 0 atom stereocenters. The molecule has 0 unspecified atom stereocenters. The zero-order chi connectivity index (χ0) is 13.4. The van der Waals surface area contributed by atoms with E-state index in [2.05, 4.69) is 4.98 Å². The number of aromatic amines is 1. The minimum Gasteiger partial charge on any atom is -0.508 e. The van der Waals surface area contributed by atoms with Crippen LogP contribution in [0.3, 0.4) is 0 Å². The number of phenolic OH excluding ortho intramolecular Hbond substituents is 1. The van der Waals surface area contributed by atoms with E-state index in [9.17, 15) is 9.90 Å². The number of H-pyrrole nitrogens is 1. The Bertz CT molecular complexity index is 472. The Morgan fingerprint density at radius 1 is 1.12 bits per heavy atom. The number of carbonyl (C=O) groups excluding carboxylic acids is 1. The number of phenols is 1. The van der Waals surface area contributed by atoms with Gasteiger partial charge in [-0.2, -0.15) is 0 Å². The molecule has 0 aliphatic carbocycles. The molecule has 0 radical (unpaired) electrons. The molecule has 1 aromatic carbocycles. The first kappa shape index (κ1) is 15.2. The van der Waals surface area contributed by atoms with Gasteiger partial charge in [0.05, 0.1) is 5.69 Å². The third kappa shape index (κ3) is 3.94. The van der Waals surface area contributed by atoms with Crippen LogP contribution in [0, 0.1) is 0 Å². The van der Waals surface area contributed by atoms with Crippen molar-refractivity contribution in [1.29, 1.82) is 0 Å². The minimum atomic E-state index is -0.00399. The molecule has 0 aliphatic rings. The van der Waals surface area contributed by atoms with Crippen molar-refractivity contribution in [2.75, 3.05) is 0 Å². The largest absolute Gasteiger partial charge is 0.508 e. The van der Waals surface area contributed by atoms with Crippen LogP contribution in [0.4, 0.5) is 0 Å². The van der Waals surface area contributed by atoms with Gasteiger partial charge < -0.3 is 10.1 Å². The predicted molar refractivity (Wildman–Crippen MR) is 72.7 cm³/mol. The highest BCUT2D eigenvalue weighted by Crippen LogP contribution is 2.20. The molecular formula is C14H21NO2. The van der Waals surface area contributed by atoms with Gasteiger partial charge in [0.2, 0.25) is 0 Å². The number of fused-ring (bicyclic) bond motifs is 1. The minimum absolute atomic E-state index is 0.00399. The summed E-state index contributed by atoms with van der Waals surface area (Å²) in [5.74, 6) is 0.206. The molecular weight excluding hydrogens is 214 g/mol. The van der Waals surface area contributed by atoms with Gasteiger partial charge in [-0.15, -0.1) is 0 Å². The number of Topliss-reactive ketones (excluding diaryl/α,β-unsaturated/α-hetero) is 1. The Morgan fingerprint density at radius 2 is 1.71 bits per heavy atom. The maximum atomic E-state index is 11.0. The van der Waals surface area contributed by atoms with Crippen molar-refractivity contribution < 1.29 is 9.90 Å². The summed E-state index contributed by atoms with van der Waals surface area (Å²) >= 11 is 0. The average molecular weight is 235 g/mol. The van der Waals surface area contributed by atoms with Gasteiger partial charge >= 0.3 is 0 Å². The second kappa shape index (κ2) is 7.49. The number of carbonyl (C=O) groups is 1. The summed E-state index contributed by atoms with van der Waals surface area (Å²) in [5, 5.41) is 10.0. The molecule has 0 spiro atoms. The van der Waals surface area contributed by atoms with Gasteiger partial charge in [-0.1, -0.05) is 27.7 Å². The van der Waals surface area contributed by atoms with E-state index in [4.69, 9.17) is 0 Å². The molecule has 2 N–H and O–H groups in total. The van der Waals surface area contributed by atoms with Crippen LogP contribution in [-0.4, -0.2) is 15.9 Å². The van der Waals surface area contributed by atoms with E-state index in [1.165, 1.54) is 6.92 Å². The zero-order valence-electron chi connectivity index (χ0n) is 11.2. The molecule has 0 amide bonds. The van der Waals surface area contributed by atoms with E-state index in [1.807, 2.05) is 27.7 Å². The van der Waals surface area contributed by atoms with Gasteiger partial charge in [-0.05, 0) is 24.3 Å². The fourth-order valence-electron chi connectivity index (χ4n) is 1.31. The molecule has 1 heterocycles. The fourth-order valence-corrected chi connectivity index (χ4v) is 1.31. The molecule has 2 rings (SSSR count). The number of rotatable bonds is 1. The lowest BCUT2D eigenvalue weighted by Crippen LogP contribution is -1.89. The molecule has 1 aromatic heterocycles. The van der Waals surface area contributed by atoms with E-state index < -0.39 is 0 Å². The summed E-state index contributed by atoms with van der Waals surface area (Å²) in [6.45, 7) is 9.50. The molecule has 94 valence electrons. The number of aromatic nitrogens is 1. The summed E-state index contributed by atoms with van der Waals surface area (Å²) in [4.78, 5) is 14.0. The van der Waals surface area contributed by atoms with Gasteiger partial charge in [0.1, 0.15) is 5.75 Å². The molecule has 17 heavy (non-hydrogen) atoms. The zero-order valence-corrected chi connectivity index (χ0v) is 11.2. The molecule has 0 saturated carbocycles. The van der Waals surface area contributed by atoms with Crippen LogP contribution < -0.4 is 0 Å². The van der Waals surface area contributed by atoms with E-state index in [0.717, 1.165) is 10.9 Å². The molecule has 0 fully saturated rings. The first-order chi connectivity index (χ1) is 8.16. The third-order valence-electron chi connectivity index (χ3n) is 1.98. The maximum absolute atomic E-state index is 11.0. The highest BCUT2D eigenvalue weighted by Gasteiger charge is 2.04. The predicted octanol–water partition coefficient (Wildman–Crippen LogP) is 4.13. The van der Waals surface area contributed by atoms with Crippen molar-refractivity contribution in [3.8, 4) is 5.75 Å². The highest BCUT2D eigenvalue weighted by molar-refractivity contribution is 5.98. The van der Waals surface area contributed by atoms with E-state index in [0.29, 0.717) is 5.69 Å². The molecule has 0 bridgehead atoms. The lowest BCUT2D eigenvalue weighted by Gasteiger charge is -1.89. The normalized spacial score (nSPS) is 8.76. The average Bonchev–Trinajstić information content (AvgIpc) is 2.77. The summed E-state index contributed by atoms with van der Waals surface area (Å²) in [7, 11) is 0. The number of hydrogen-bond acceptors (Lipinski definition) is 2. The standard InChI is InChI=1S/C10H9NO2.2C2H6/c1-6(12)10-5-7-4-8(13)2-3-9(7)11-10;2*1-2/h2-5,11,13H,1H3;2*1-2H3. The quantitative estimate of drug-likeness (QED) is 0.730. The fraction of sp³-hybridized carbons (Fsp3) is 0.357. The maximum Gasteiger partial charge on any atom is 0.175 e. The van der Waals surface area contributed by atoms with Crippen LogP contribution >= 0.6 is 0 Å². The van der Waals surface area contributed by atoms with E-state index in [-0.39, 0.29) is 11.5 Å². The number of benzene rings is 1. The van der Waals surface area contributed by atoms with Crippen LogP contribution in [-0.2, 0) is 0 Å². The number of aromatic hydroxyl groups is 1. The Hall–Kier alpha value is -1.77. The lowest BCUT2D eigenvalue weighted by molar-refractivity contribution is 0.101. The number of ketones is 1. The van der Waals surface area contributed by atoms with Crippen LogP contribution in [0.25, 0.3) is 10.9 Å². The topological polar surface area (TPSA) is 53.1 Å². The number of hydrogen-bond donors (Lipinski definition) is 2. The monoisotopic (exact) mass is 235 g/mol. The van der Waals surface area contributed by atoms with Crippen molar-refractivity contribution in [1.82, 2.24) is 4.98 Å². The SMILES string of the molecule is CC.CC.CC(=O)c1cc2cc(O)ccc2[nH]1. The van der Waals surface area contributed by atoms with Gasteiger partial charge in [-0.3, -0.25) is 4.79 Å². The van der Waals surface area contributed by atoms with Gasteiger partial charge in [-0.25, -0.2) is 0 Å². The molecule has 2 aromatic rings. The van der Waals surface area contributed by atoms with E-state index >= 15 is 0 Å². The van der Waals surface area contributed by atoms with Crippen LogP contribution in [0.5, 0.6) is 5.75 Å². The van der Waals surface area contributed by atoms with Crippen molar-refractivity contribution >= 4 is 16.7 Å². The highest BCUT2D eigenvalue weighted by atomic mass is 16.3. The summed E-state index contributed by atoms with van der Waals surface area (Å²) in [6, 6.07) is 6.69. The van der Waals surface area contributed by atoms with Gasteiger partial charge in [0.25, 0.3) is 0 Å². The van der Waals surface area contributed by atoms with E-state index in [1.54, 1.807) is 24.3 Å². The van der Waals surface area contributed by atoms with Crippen LogP contribution in [0.1, 0.15) is 45.1 Å². The Balaban J connectivity index is 0.000000581. The van der Waals surface area contributed by atoms with Gasteiger partial charge in [0.15, 0.2) is 5.78 Å². The molecule has 0 aliphatic heterocycles. The summed E-state index contributed by atoms with van der Waals surface area (Å²) in [6.07, 6.45) is 0. The van der Waals surface area contributed by atoms with Crippen LogP contribution in [0.15, 0.2) is 24.3 Å². The molecule has 3 heteroatoms. The lowest BCUT2D eigenvalue weighted by atomic mass is 10.2. The van der Waals surface area contributed by atoms with Crippen molar-refractivity contribution in [3.63, 3.8) is 0 Å². The third-order valence-corrected chi connectivity index (χ3v) is 1.98. The smallest absolute Gasteiger partial charge is 0.175 e. The summed E-state index contributed by atoms with van der Waals surface area (Å²) in [5.41, 5.74) is 1.43. The van der Waals surface area contributed by atoms with Crippen LogP contribution in [0.2, 0.25) is 0 Å². The second-order valence-corrected chi connectivity index (χ2v) is 3.01. The second-order valence-electron chi connectivity index (χ2n) is 3.01. The van der Waals surface area contributed by atoms with Crippen molar-refractivity contribution in [2.45, 2.75) is 34.6 Å². The Morgan fingerprint density at radius 3 is 2.24 bits per heavy atom. The van der Waals surface area contributed by atoms with Crippen molar-refractivity contribution in [3.05, 3.63) is 30.0 Å². The first-order valence-corrected chi connectivity index (χ1v) is 5.99. The number of nitrogens with one attached hydrogen (secondary N) is 1. The first-order valence-electron chi connectivity index (χ1n) is 5.99. The van der Waals surface area contributed by atoms with Crippen molar-refractivity contribution in [2.24, 2.45) is 0 Å². The van der Waals surface area contributed by atoms with Gasteiger partial charge in [0, 0.05) is 17.8 Å². The Labute approximate surface area is 102 Å². The summed E-state index contributed by atoms with van der Waals surface area (Å²) < 4.78 is 0. The molecule has 0 saturated heterocycles. The molecule has 3 nitrogen and oxygen atoms in total.